The van der Waals surface area contributed by atoms with Crippen LogP contribution in [-0.4, -0.2) is 51.9 Å². The molecule has 3 rings (SSSR count). The average Bonchev–Trinajstić information content (AvgIpc) is 3.13. The van der Waals surface area contributed by atoms with Crippen LogP contribution in [-0.2, 0) is 11.8 Å². The highest BCUT2D eigenvalue weighted by molar-refractivity contribution is 6.03. The van der Waals surface area contributed by atoms with E-state index in [-0.39, 0.29) is 43.2 Å². The number of nitrogens with two attached hydrogens (primary N) is 1. The van der Waals surface area contributed by atoms with Crippen molar-refractivity contribution in [1.82, 2.24) is 20.4 Å². The number of nitrogens with zero attached hydrogens (tertiary/aromatic N) is 2. The molecule has 33 heavy (non-hydrogen) atoms. The normalized spacial score (nSPS) is 12.9. The number of ether oxygens (including phenoxy) is 1. The number of benzene rings is 2. The largest absolute Gasteiger partial charge is 0.453 e. The number of aliphatic hydroxyl groups is 1. The molecular weight excluding hydrogens is 436 g/mol. The second-order valence-corrected chi connectivity index (χ2v) is 7.66. The monoisotopic (exact) mass is 461 g/mol. The van der Waals surface area contributed by atoms with Gasteiger partial charge in [0.05, 0.1) is 23.9 Å². The van der Waals surface area contributed by atoms with E-state index in [4.69, 9.17) is 15.6 Å². The summed E-state index contributed by atoms with van der Waals surface area (Å²) < 4.78 is 34.7. The Morgan fingerprint density at radius 1 is 1.24 bits per heavy atom. The van der Waals surface area contributed by atoms with Crippen molar-refractivity contribution in [3.8, 4) is 11.5 Å². The Balaban J connectivity index is 2.01. The minimum atomic E-state index is -1.39. The van der Waals surface area contributed by atoms with Gasteiger partial charge in [-0.15, -0.1) is 0 Å². The van der Waals surface area contributed by atoms with Gasteiger partial charge in [0.1, 0.15) is 17.1 Å². The fraction of sp³-hybridized carbons (Fsp3) is 0.318. The lowest BCUT2D eigenvalue weighted by atomic mass is 9.95. The standard InChI is InChI=1S/C22H25F2N5O4/c1-22(5-6-25,21(32)26-7-8-30)28-20(31)15-11-17-13(12-27-29(17)2)9-19(15)33-18-4-3-14(23)10-16(18)24/h3-4,9-12,30H,5-8,25H2,1-2H3,(H,26,32)(H,28,31). The van der Waals surface area contributed by atoms with Crippen LogP contribution in [0.25, 0.3) is 10.9 Å². The van der Waals surface area contributed by atoms with E-state index in [0.717, 1.165) is 12.1 Å². The van der Waals surface area contributed by atoms with Gasteiger partial charge in [0.15, 0.2) is 11.6 Å². The Labute approximate surface area is 188 Å². The Morgan fingerprint density at radius 3 is 2.67 bits per heavy atom. The molecule has 2 amide bonds. The van der Waals surface area contributed by atoms with E-state index < -0.39 is 29.0 Å². The molecule has 11 heteroatoms. The van der Waals surface area contributed by atoms with Crippen LogP contribution in [0.5, 0.6) is 11.5 Å². The number of aromatic nitrogens is 2. The van der Waals surface area contributed by atoms with Crippen LogP contribution in [0.15, 0.2) is 36.5 Å². The highest BCUT2D eigenvalue weighted by atomic mass is 19.1. The lowest BCUT2D eigenvalue weighted by Crippen LogP contribution is -2.58. The first-order valence-electron chi connectivity index (χ1n) is 10.2. The van der Waals surface area contributed by atoms with Crippen molar-refractivity contribution in [2.75, 3.05) is 19.7 Å². The van der Waals surface area contributed by atoms with Crippen molar-refractivity contribution >= 4 is 22.7 Å². The number of aliphatic hydroxyl groups excluding tert-OH is 1. The lowest BCUT2D eigenvalue weighted by Gasteiger charge is -2.29. The third kappa shape index (κ3) is 5.26. The van der Waals surface area contributed by atoms with E-state index in [1.54, 1.807) is 17.9 Å². The van der Waals surface area contributed by atoms with Gasteiger partial charge in [-0.25, -0.2) is 8.78 Å². The van der Waals surface area contributed by atoms with Crippen molar-refractivity contribution < 1.29 is 28.2 Å². The van der Waals surface area contributed by atoms with Crippen LogP contribution in [0.1, 0.15) is 23.7 Å². The number of carbonyl (C=O) groups excluding carboxylic acids is 2. The van der Waals surface area contributed by atoms with Gasteiger partial charge in [-0.1, -0.05) is 0 Å². The minimum absolute atomic E-state index is 0.00743. The van der Waals surface area contributed by atoms with E-state index in [0.29, 0.717) is 17.0 Å². The van der Waals surface area contributed by atoms with Crippen molar-refractivity contribution in [2.24, 2.45) is 12.8 Å². The van der Waals surface area contributed by atoms with E-state index >= 15 is 0 Å². The topological polar surface area (TPSA) is 132 Å². The molecule has 0 aliphatic heterocycles. The molecule has 1 aromatic heterocycles. The summed E-state index contributed by atoms with van der Waals surface area (Å²) in [4.78, 5) is 25.9. The fourth-order valence-electron chi connectivity index (χ4n) is 3.32. The number of carbonyl (C=O) groups is 2. The molecule has 3 aromatic rings. The molecule has 0 radical (unpaired) electrons. The molecule has 1 atom stereocenters. The Kier molecular flexibility index (Phi) is 7.24. The molecule has 0 aliphatic rings. The summed E-state index contributed by atoms with van der Waals surface area (Å²) in [5.74, 6) is -3.20. The Morgan fingerprint density at radius 2 is 2.00 bits per heavy atom. The van der Waals surface area contributed by atoms with Gasteiger partial charge >= 0.3 is 0 Å². The number of rotatable bonds is 9. The summed E-state index contributed by atoms with van der Waals surface area (Å²) in [6, 6.07) is 5.82. The second-order valence-electron chi connectivity index (χ2n) is 7.66. The SMILES string of the molecule is Cn1ncc2cc(Oc3ccc(F)cc3F)c(C(=O)NC(C)(CCN)C(=O)NCCO)cc21. The molecule has 0 saturated carbocycles. The third-order valence-corrected chi connectivity index (χ3v) is 5.14. The second kappa shape index (κ2) is 9.92. The van der Waals surface area contributed by atoms with Crippen LogP contribution >= 0.6 is 0 Å². The molecule has 0 aliphatic carbocycles. The van der Waals surface area contributed by atoms with Crippen LogP contribution in [0, 0.1) is 11.6 Å². The average molecular weight is 461 g/mol. The minimum Gasteiger partial charge on any atom is -0.453 e. The van der Waals surface area contributed by atoms with Crippen LogP contribution < -0.4 is 21.1 Å². The summed E-state index contributed by atoms with van der Waals surface area (Å²) >= 11 is 0. The Bertz CT molecular complexity index is 1180. The molecule has 1 heterocycles. The summed E-state index contributed by atoms with van der Waals surface area (Å²) in [6.45, 7) is 1.35. The first-order chi connectivity index (χ1) is 15.7. The number of aryl methyl sites for hydroxylation is 1. The molecular formula is C22H25F2N5O4. The molecule has 9 nitrogen and oxygen atoms in total. The van der Waals surface area contributed by atoms with Gasteiger partial charge in [-0.2, -0.15) is 5.10 Å². The zero-order valence-corrected chi connectivity index (χ0v) is 18.2. The summed E-state index contributed by atoms with van der Waals surface area (Å²) in [6.07, 6.45) is 1.67. The van der Waals surface area contributed by atoms with Crippen molar-refractivity contribution in [3.63, 3.8) is 0 Å². The van der Waals surface area contributed by atoms with Crippen LogP contribution in [0.3, 0.4) is 0 Å². The highest BCUT2D eigenvalue weighted by Crippen LogP contribution is 2.32. The maximum atomic E-state index is 14.2. The van der Waals surface area contributed by atoms with Gasteiger partial charge in [-0.3, -0.25) is 14.3 Å². The highest BCUT2D eigenvalue weighted by Gasteiger charge is 2.35. The number of halogens is 2. The van der Waals surface area contributed by atoms with Crippen molar-refractivity contribution in [3.05, 3.63) is 53.7 Å². The smallest absolute Gasteiger partial charge is 0.255 e. The first-order valence-corrected chi connectivity index (χ1v) is 10.2. The number of amides is 2. The number of hydrogen-bond acceptors (Lipinski definition) is 6. The van der Waals surface area contributed by atoms with Gasteiger partial charge in [-0.05, 0) is 44.2 Å². The zero-order chi connectivity index (χ0) is 24.2. The summed E-state index contributed by atoms with van der Waals surface area (Å²) in [5.41, 5.74) is 4.86. The molecule has 0 fully saturated rings. The molecule has 176 valence electrons. The molecule has 2 aromatic carbocycles. The molecule has 0 saturated heterocycles. The summed E-state index contributed by atoms with van der Waals surface area (Å²) in [5, 5.41) is 18.9. The van der Waals surface area contributed by atoms with E-state index in [1.807, 2.05) is 0 Å². The molecule has 5 N–H and O–H groups in total. The predicted molar refractivity (Wildman–Crippen MR) is 117 cm³/mol. The molecule has 0 spiro atoms. The number of nitrogens with one attached hydrogen (secondary N) is 2. The quantitative estimate of drug-likeness (QED) is 0.383. The maximum Gasteiger partial charge on any atom is 0.255 e. The summed E-state index contributed by atoms with van der Waals surface area (Å²) in [7, 11) is 1.69. The van der Waals surface area contributed by atoms with E-state index in [2.05, 4.69) is 15.7 Å². The maximum absolute atomic E-state index is 14.2. The van der Waals surface area contributed by atoms with Crippen LogP contribution in [0.4, 0.5) is 8.78 Å². The predicted octanol–water partition coefficient (Wildman–Crippen LogP) is 1.59. The lowest BCUT2D eigenvalue weighted by molar-refractivity contribution is -0.127. The van der Waals surface area contributed by atoms with Gasteiger partial charge in [0.25, 0.3) is 5.91 Å². The van der Waals surface area contributed by atoms with Crippen molar-refractivity contribution in [2.45, 2.75) is 18.9 Å². The number of hydrogen-bond donors (Lipinski definition) is 4. The van der Waals surface area contributed by atoms with Crippen molar-refractivity contribution in [1.29, 1.82) is 0 Å². The van der Waals surface area contributed by atoms with E-state index in [1.165, 1.54) is 19.1 Å². The number of fused-ring (bicyclic) bond motifs is 1. The first kappa shape index (κ1) is 24.1. The van der Waals surface area contributed by atoms with Gasteiger partial charge in [0.2, 0.25) is 5.91 Å². The Hall–Kier alpha value is -3.57. The third-order valence-electron chi connectivity index (χ3n) is 5.14. The molecule has 1 unspecified atom stereocenters. The zero-order valence-electron chi connectivity index (χ0n) is 18.2. The van der Waals surface area contributed by atoms with Crippen LogP contribution in [0.2, 0.25) is 0 Å². The van der Waals surface area contributed by atoms with Gasteiger partial charge in [0, 0.05) is 25.0 Å². The fourth-order valence-corrected chi connectivity index (χ4v) is 3.32. The van der Waals surface area contributed by atoms with Gasteiger partial charge < -0.3 is 26.2 Å². The van der Waals surface area contributed by atoms with E-state index in [9.17, 15) is 18.4 Å². The molecule has 0 bridgehead atoms.